The lowest BCUT2D eigenvalue weighted by Gasteiger charge is -2.10. The van der Waals surface area contributed by atoms with Crippen molar-refractivity contribution >= 4 is 34.2 Å². The summed E-state index contributed by atoms with van der Waals surface area (Å²) < 4.78 is 0. The first-order valence-electron chi connectivity index (χ1n) is 5.57. The minimum atomic E-state index is -0.0834. The number of nitrogens with one attached hydrogen (secondary N) is 1. The third-order valence-corrected chi connectivity index (χ3v) is 3.34. The Labute approximate surface area is 110 Å². The molecule has 2 aromatic rings. The van der Waals surface area contributed by atoms with Gasteiger partial charge >= 0.3 is 0 Å². The molecule has 0 radical (unpaired) electrons. The Morgan fingerprint density at radius 1 is 1.29 bits per heavy atom. The van der Waals surface area contributed by atoms with Crippen molar-refractivity contribution in [2.75, 3.05) is 0 Å². The molecule has 1 unspecified atom stereocenters. The third-order valence-electron chi connectivity index (χ3n) is 2.62. The number of nitrogens with two attached hydrogens (primary N) is 1. The highest BCUT2D eigenvalue weighted by atomic mass is 35.5. The quantitative estimate of drug-likeness (QED) is 0.889. The second-order valence-corrected chi connectivity index (χ2v) is 5.46. The lowest BCUT2D eigenvalue weighted by atomic mass is 10.0. The van der Waals surface area contributed by atoms with Crippen LogP contribution >= 0.6 is 23.2 Å². The highest BCUT2D eigenvalue weighted by Crippen LogP contribution is 2.28. The van der Waals surface area contributed by atoms with Gasteiger partial charge in [0.05, 0.1) is 27.1 Å². The van der Waals surface area contributed by atoms with Crippen molar-refractivity contribution < 1.29 is 0 Å². The van der Waals surface area contributed by atoms with E-state index in [0.717, 1.165) is 23.3 Å². The molecule has 1 aromatic heterocycles. The number of benzene rings is 1. The molecule has 0 saturated heterocycles. The first-order chi connectivity index (χ1) is 7.97. The summed E-state index contributed by atoms with van der Waals surface area (Å²) in [7, 11) is 0. The fourth-order valence-corrected chi connectivity index (χ4v) is 2.14. The minimum absolute atomic E-state index is 0.0834. The molecule has 2 rings (SSSR count). The van der Waals surface area contributed by atoms with E-state index in [0.29, 0.717) is 16.0 Å². The second kappa shape index (κ2) is 4.84. The van der Waals surface area contributed by atoms with Crippen LogP contribution in [-0.2, 0) is 0 Å². The van der Waals surface area contributed by atoms with Gasteiger partial charge in [0, 0.05) is 0 Å². The second-order valence-electron chi connectivity index (χ2n) is 4.64. The van der Waals surface area contributed by atoms with Crippen molar-refractivity contribution in [3.63, 3.8) is 0 Å². The fourth-order valence-electron chi connectivity index (χ4n) is 1.82. The Hall–Kier alpha value is -0.770. The van der Waals surface area contributed by atoms with Gasteiger partial charge in [0.25, 0.3) is 0 Å². The van der Waals surface area contributed by atoms with Crippen molar-refractivity contribution in [2.24, 2.45) is 11.7 Å². The number of hydrogen-bond acceptors (Lipinski definition) is 2. The molecule has 0 saturated carbocycles. The van der Waals surface area contributed by atoms with Crippen molar-refractivity contribution in [1.29, 1.82) is 0 Å². The summed E-state index contributed by atoms with van der Waals surface area (Å²) in [5.74, 6) is 1.32. The van der Waals surface area contributed by atoms with Crippen molar-refractivity contribution in [3.05, 3.63) is 28.0 Å². The Morgan fingerprint density at radius 2 is 1.94 bits per heavy atom. The molecule has 3 nitrogen and oxygen atoms in total. The Bertz CT molecular complexity index is 495. The van der Waals surface area contributed by atoms with Crippen LogP contribution in [0.2, 0.25) is 10.0 Å². The first-order valence-corrected chi connectivity index (χ1v) is 6.33. The topological polar surface area (TPSA) is 54.7 Å². The average molecular weight is 272 g/mol. The number of nitrogens with zero attached hydrogens (tertiary/aromatic N) is 1. The summed E-state index contributed by atoms with van der Waals surface area (Å²) in [5, 5.41) is 1.03. The van der Waals surface area contributed by atoms with Crippen LogP contribution in [0.1, 0.15) is 32.1 Å². The number of imidazole rings is 1. The van der Waals surface area contributed by atoms with Gasteiger partial charge in [-0.1, -0.05) is 37.0 Å². The van der Waals surface area contributed by atoms with E-state index in [2.05, 4.69) is 23.8 Å². The summed E-state index contributed by atoms with van der Waals surface area (Å²) in [5.41, 5.74) is 7.74. The number of H-pyrrole nitrogens is 1. The first kappa shape index (κ1) is 12.7. The molecular formula is C12H15Cl2N3. The van der Waals surface area contributed by atoms with Gasteiger partial charge in [-0.3, -0.25) is 0 Å². The van der Waals surface area contributed by atoms with Gasteiger partial charge < -0.3 is 10.7 Å². The highest BCUT2D eigenvalue weighted by molar-refractivity contribution is 6.42. The van der Waals surface area contributed by atoms with E-state index < -0.39 is 0 Å². The molecule has 0 spiro atoms. The van der Waals surface area contributed by atoms with Gasteiger partial charge in [-0.2, -0.15) is 0 Å². The molecule has 17 heavy (non-hydrogen) atoms. The van der Waals surface area contributed by atoms with Gasteiger partial charge in [0.1, 0.15) is 5.82 Å². The van der Waals surface area contributed by atoms with Crippen LogP contribution < -0.4 is 5.73 Å². The van der Waals surface area contributed by atoms with Gasteiger partial charge in [-0.05, 0) is 24.5 Å². The summed E-state index contributed by atoms with van der Waals surface area (Å²) >= 11 is 11.9. The molecule has 1 heterocycles. The van der Waals surface area contributed by atoms with Crippen molar-refractivity contribution in [2.45, 2.75) is 26.3 Å². The Balaban J connectivity index is 2.37. The van der Waals surface area contributed by atoms with Gasteiger partial charge in [0.15, 0.2) is 0 Å². The maximum atomic E-state index is 6.08. The zero-order chi connectivity index (χ0) is 12.6. The zero-order valence-corrected chi connectivity index (χ0v) is 11.3. The smallest absolute Gasteiger partial charge is 0.124 e. The molecule has 0 amide bonds. The number of fused-ring (bicyclic) bond motifs is 1. The van der Waals surface area contributed by atoms with Crippen LogP contribution in [0, 0.1) is 5.92 Å². The molecule has 0 fully saturated rings. The van der Waals surface area contributed by atoms with Crippen LogP contribution in [0.5, 0.6) is 0 Å². The maximum Gasteiger partial charge on any atom is 0.124 e. The van der Waals surface area contributed by atoms with Crippen LogP contribution in [0.4, 0.5) is 0 Å². The van der Waals surface area contributed by atoms with Gasteiger partial charge in [0.2, 0.25) is 0 Å². The normalized spacial score (nSPS) is 13.5. The molecule has 3 N–H and O–H groups in total. The lowest BCUT2D eigenvalue weighted by molar-refractivity contribution is 0.496. The third kappa shape index (κ3) is 2.73. The number of aromatic nitrogens is 2. The Morgan fingerprint density at radius 3 is 2.59 bits per heavy atom. The van der Waals surface area contributed by atoms with Crippen LogP contribution in [-0.4, -0.2) is 9.97 Å². The maximum absolute atomic E-state index is 6.08. The van der Waals surface area contributed by atoms with E-state index in [1.54, 1.807) is 12.1 Å². The molecule has 1 atom stereocenters. The predicted octanol–water partition coefficient (Wildman–Crippen LogP) is 3.92. The fraction of sp³-hybridized carbons (Fsp3) is 0.417. The Kier molecular flexibility index (Phi) is 3.61. The number of aromatic amines is 1. The van der Waals surface area contributed by atoms with E-state index >= 15 is 0 Å². The van der Waals surface area contributed by atoms with E-state index in [-0.39, 0.29) is 6.04 Å². The SMILES string of the molecule is CC(C)CC(N)c1nc2cc(Cl)c(Cl)cc2[nH]1. The van der Waals surface area contributed by atoms with Gasteiger partial charge in [-0.25, -0.2) is 4.98 Å². The van der Waals surface area contributed by atoms with Crippen LogP contribution in [0.3, 0.4) is 0 Å². The summed E-state index contributed by atoms with van der Waals surface area (Å²) in [4.78, 5) is 7.63. The summed E-state index contributed by atoms with van der Waals surface area (Å²) in [6.07, 6.45) is 0.890. The zero-order valence-electron chi connectivity index (χ0n) is 9.80. The molecule has 5 heteroatoms. The largest absolute Gasteiger partial charge is 0.341 e. The molecule has 1 aromatic carbocycles. The standard InChI is InChI=1S/C12H15Cl2N3/c1-6(2)3-9(15)12-16-10-4-7(13)8(14)5-11(10)17-12/h4-6,9H,3,15H2,1-2H3,(H,16,17). The summed E-state index contributed by atoms with van der Waals surface area (Å²) in [6.45, 7) is 4.27. The van der Waals surface area contributed by atoms with E-state index in [1.165, 1.54) is 0 Å². The molecule has 92 valence electrons. The lowest BCUT2D eigenvalue weighted by Crippen LogP contribution is -2.14. The number of halogens is 2. The van der Waals surface area contributed by atoms with Crippen molar-refractivity contribution in [1.82, 2.24) is 9.97 Å². The average Bonchev–Trinajstić information content (AvgIpc) is 2.60. The molecule has 0 aliphatic heterocycles. The van der Waals surface area contributed by atoms with E-state index in [4.69, 9.17) is 28.9 Å². The predicted molar refractivity (Wildman–Crippen MR) is 72.5 cm³/mol. The van der Waals surface area contributed by atoms with Crippen LogP contribution in [0.15, 0.2) is 12.1 Å². The van der Waals surface area contributed by atoms with Crippen molar-refractivity contribution in [3.8, 4) is 0 Å². The van der Waals surface area contributed by atoms with Crippen LogP contribution in [0.25, 0.3) is 11.0 Å². The molecular weight excluding hydrogens is 257 g/mol. The molecule has 0 aliphatic carbocycles. The summed E-state index contributed by atoms with van der Waals surface area (Å²) in [6, 6.07) is 3.44. The van der Waals surface area contributed by atoms with Gasteiger partial charge in [-0.15, -0.1) is 0 Å². The monoisotopic (exact) mass is 271 g/mol. The number of hydrogen-bond donors (Lipinski definition) is 2. The van der Waals surface area contributed by atoms with E-state index in [9.17, 15) is 0 Å². The molecule has 0 bridgehead atoms. The minimum Gasteiger partial charge on any atom is -0.341 e. The highest BCUT2D eigenvalue weighted by Gasteiger charge is 2.13. The number of rotatable bonds is 3. The van der Waals surface area contributed by atoms with E-state index in [1.807, 2.05) is 0 Å². The molecule has 0 aliphatic rings.